The third-order valence-corrected chi connectivity index (χ3v) is 5.24. The average Bonchev–Trinajstić information content (AvgIpc) is 3.18. The van der Waals surface area contributed by atoms with Gasteiger partial charge in [0.15, 0.2) is 0 Å². The second-order valence-corrected chi connectivity index (χ2v) is 7.22. The summed E-state index contributed by atoms with van der Waals surface area (Å²) in [6.45, 7) is 0. The van der Waals surface area contributed by atoms with E-state index in [2.05, 4.69) is 34.2 Å². The minimum atomic E-state index is 0. The summed E-state index contributed by atoms with van der Waals surface area (Å²) in [7, 11) is 0. The van der Waals surface area contributed by atoms with Gasteiger partial charge in [-0.05, 0) is 35.1 Å². The van der Waals surface area contributed by atoms with Gasteiger partial charge in [0, 0.05) is 29.7 Å². The number of aromatic nitrogens is 3. The van der Waals surface area contributed by atoms with Crippen LogP contribution < -0.4 is 4.74 Å². The molecule has 6 rings (SSSR count). The standard InChI is InChI=1S/C28H17N3O.Pt/c1-2-11-25-23(10-1)24-15-14-21(19-26(24)31(25)27-12-3-5-16-29-27)20-8-7-9-22(18-20)32-28-13-4-6-17-30-28;/h1-17H;/q-2;+2/i4D,12D;. The van der Waals surface area contributed by atoms with Crippen molar-refractivity contribution in [2.24, 2.45) is 0 Å². The fourth-order valence-corrected chi connectivity index (χ4v) is 3.85. The molecule has 3 aromatic heterocycles. The summed E-state index contributed by atoms with van der Waals surface area (Å²) in [6, 6.07) is 32.0. The first-order valence-electron chi connectivity index (χ1n) is 11.2. The van der Waals surface area contributed by atoms with Crippen LogP contribution in [0.4, 0.5) is 0 Å². The zero-order valence-corrected chi connectivity index (χ0v) is 19.5. The maximum absolute atomic E-state index is 8.43. The molecule has 5 heteroatoms. The van der Waals surface area contributed by atoms with E-state index in [9.17, 15) is 0 Å². The topological polar surface area (TPSA) is 39.9 Å². The van der Waals surface area contributed by atoms with Crippen LogP contribution in [-0.4, -0.2) is 14.5 Å². The van der Waals surface area contributed by atoms with Crippen molar-refractivity contribution in [3.8, 4) is 28.6 Å². The Hall–Kier alpha value is -3.75. The molecule has 0 bridgehead atoms. The third kappa shape index (κ3) is 3.94. The van der Waals surface area contributed by atoms with Crippen LogP contribution in [0.1, 0.15) is 2.74 Å². The third-order valence-electron chi connectivity index (χ3n) is 5.24. The van der Waals surface area contributed by atoms with Gasteiger partial charge in [-0.3, -0.25) is 0 Å². The molecule has 0 fully saturated rings. The van der Waals surface area contributed by atoms with Gasteiger partial charge in [-0.2, -0.15) is 24.3 Å². The van der Waals surface area contributed by atoms with E-state index >= 15 is 0 Å². The Morgan fingerprint density at radius 1 is 0.758 bits per heavy atom. The van der Waals surface area contributed by atoms with Crippen LogP contribution in [0.3, 0.4) is 0 Å². The SMILES string of the molecule is [2H]c1ccnc(Oc2[c-]c(-c3[c-]c4c(cc3)c3ccccc3n4-c3ncccc3[2H])ccc2)c1.[Pt+2]. The predicted octanol–water partition coefficient (Wildman–Crippen LogP) is 6.63. The van der Waals surface area contributed by atoms with E-state index < -0.39 is 0 Å². The second-order valence-electron chi connectivity index (χ2n) is 7.22. The van der Waals surface area contributed by atoms with Crippen molar-refractivity contribution in [1.29, 1.82) is 0 Å². The Morgan fingerprint density at radius 2 is 1.64 bits per heavy atom. The molecule has 0 saturated heterocycles. The number of nitrogens with zero attached hydrogens (tertiary/aromatic N) is 3. The Morgan fingerprint density at radius 3 is 2.55 bits per heavy atom. The molecule has 0 radical (unpaired) electrons. The Labute approximate surface area is 208 Å². The molecule has 0 saturated carbocycles. The van der Waals surface area contributed by atoms with Crippen LogP contribution in [-0.2, 0) is 21.1 Å². The first kappa shape index (κ1) is 18.8. The van der Waals surface area contributed by atoms with Crippen molar-refractivity contribution in [3.63, 3.8) is 0 Å². The van der Waals surface area contributed by atoms with Gasteiger partial charge in [0.25, 0.3) is 0 Å². The molecule has 0 unspecified atom stereocenters. The van der Waals surface area contributed by atoms with Crippen molar-refractivity contribution >= 4 is 21.8 Å². The molecule has 33 heavy (non-hydrogen) atoms. The van der Waals surface area contributed by atoms with Crippen molar-refractivity contribution in [1.82, 2.24) is 14.5 Å². The molecule has 0 N–H and O–H groups in total. The molecular formula is C28H17N3OPt. The zero-order chi connectivity index (χ0) is 23.1. The number of para-hydroxylation sites is 1. The first-order valence-corrected chi connectivity index (χ1v) is 10.2. The summed E-state index contributed by atoms with van der Waals surface area (Å²) in [6.07, 6.45) is 3.24. The second kappa shape index (κ2) is 9.01. The maximum atomic E-state index is 8.43. The van der Waals surface area contributed by atoms with Crippen molar-refractivity contribution < 1.29 is 28.5 Å². The minimum absolute atomic E-state index is 0. The number of pyridine rings is 2. The smallest absolute Gasteiger partial charge is 0.460 e. The predicted molar refractivity (Wildman–Crippen MR) is 126 cm³/mol. The van der Waals surface area contributed by atoms with Crippen LogP contribution in [0.25, 0.3) is 38.8 Å². The van der Waals surface area contributed by atoms with Gasteiger partial charge in [-0.15, -0.1) is 18.2 Å². The Balaban J connectivity index is 0.00000253. The van der Waals surface area contributed by atoms with E-state index in [4.69, 9.17) is 7.48 Å². The summed E-state index contributed by atoms with van der Waals surface area (Å²) in [5.74, 6) is 1.41. The largest absolute Gasteiger partial charge is 2.00 e. The van der Waals surface area contributed by atoms with Crippen molar-refractivity contribution in [3.05, 3.63) is 115 Å². The molecule has 6 aromatic rings. The molecule has 0 aliphatic rings. The fourth-order valence-electron chi connectivity index (χ4n) is 3.85. The van der Waals surface area contributed by atoms with Gasteiger partial charge in [0.05, 0.1) is 2.74 Å². The van der Waals surface area contributed by atoms with E-state index in [1.54, 1.807) is 42.7 Å². The molecule has 0 amide bonds. The average molecular weight is 609 g/mol. The van der Waals surface area contributed by atoms with Gasteiger partial charge in [-0.25, -0.2) is 21.1 Å². The fraction of sp³-hybridized carbons (Fsp3) is 0. The van der Waals surface area contributed by atoms with Crippen LogP contribution in [0.2, 0.25) is 0 Å². The van der Waals surface area contributed by atoms with E-state index in [1.807, 2.05) is 41.0 Å². The van der Waals surface area contributed by atoms with Crippen molar-refractivity contribution in [2.75, 3.05) is 0 Å². The van der Waals surface area contributed by atoms with Gasteiger partial charge in [0.2, 0.25) is 5.88 Å². The number of fused-ring (bicyclic) bond motifs is 3. The molecule has 3 aromatic carbocycles. The van der Waals surface area contributed by atoms with Crippen LogP contribution in [0.5, 0.6) is 11.6 Å². The van der Waals surface area contributed by atoms with Crippen LogP contribution in [0, 0.1) is 12.1 Å². The van der Waals surface area contributed by atoms with Gasteiger partial charge in [-0.1, -0.05) is 35.7 Å². The zero-order valence-electron chi connectivity index (χ0n) is 19.2. The number of hydrogen-bond acceptors (Lipinski definition) is 3. The van der Waals surface area contributed by atoms with Gasteiger partial charge >= 0.3 is 21.1 Å². The van der Waals surface area contributed by atoms with Gasteiger partial charge in [0.1, 0.15) is 5.82 Å². The van der Waals surface area contributed by atoms with E-state index in [-0.39, 0.29) is 21.1 Å². The quantitative estimate of drug-likeness (QED) is 0.211. The molecule has 4 nitrogen and oxygen atoms in total. The molecule has 160 valence electrons. The molecule has 0 spiro atoms. The summed E-state index contributed by atoms with van der Waals surface area (Å²) in [5, 5.41) is 2.11. The Bertz CT molecular complexity index is 1680. The van der Waals surface area contributed by atoms with Gasteiger partial charge < -0.3 is 9.30 Å². The van der Waals surface area contributed by atoms with Crippen molar-refractivity contribution in [2.45, 2.75) is 0 Å². The summed E-state index contributed by atoms with van der Waals surface area (Å²) in [4.78, 5) is 8.65. The van der Waals surface area contributed by atoms with E-state index in [1.165, 1.54) is 0 Å². The molecule has 0 atom stereocenters. The summed E-state index contributed by atoms with van der Waals surface area (Å²) < 4.78 is 24.0. The molecule has 3 heterocycles. The molecular weight excluding hydrogens is 589 g/mol. The number of ether oxygens (including phenoxy) is 1. The van der Waals surface area contributed by atoms with E-state index in [0.717, 1.165) is 32.9 Å². The number of rotatable bonds is 4. The first-order chi connectivity index (χ1) is 16.7. The molecule has 0 aliphatic heterocycles. The minimum Gasteiger partial charge on any atom is -0.460 e. The summed E-state index contributed by atoms with van der Waals surface area (Å²) >= 11 is 0. The number of hydrogen-bond donors (Lipinski definition) is 0. The molecule has 0 aliphatic carbocycles. The number of benzene rings is 3. The van der Waals surface area contributed by atoms with E-state index in [0.29, 0.717) is 29.5 Å². The Kier molecular flexibility index (Phi) is 5.13. The monoisotopic (exact) mass is 608 g/mol. The summed E-state index contributed by atoms with van der Waals surface area (Å²) in [5.41, 5.74) is 3.46. The maximum Gasteiger partial charge on any atom is 2.00 e. The van der Waals surface area contributed by atoms with Crippen LogP contribution >= 0.6 is 0 Å². The normalized spacial score (nSPS) is 11.6. The van der Waals surface area contributed by atoms with Crippen LogP contribution in [0.15, 0.2) is 103 Å².